The minimum atomic E-state index is -0.285. The third-order valence-electron chi connectivity index (χ3n) is 5.14. The molecule has 0 bridgehead atoms. The summed E-state index contributed by atoms with van der Waals surface area (Å²) in [5, 5.41) is 1.03. The predicted octanol–water partition coefficient (Wildman–Crippen LogP) is 4.50. The molecule has 4 heteroatoms. The van der Waals surface area contributed by atoms with Gasteiger partial charge in [0.05, 0.1) is 0 Å². The number of hydrogen-bond donors (Lipinski definition) is 0. The fraction of sp³-hybridized carbons (Fsp3) is 0.348. The molecule has 0 unspecified atom stereocenters. The van der Waals surface area contributed by atoms with Crippen LogP contribution in [0.3, 0.4) is 0 Å². The second-order valence-electron chi connectivity index (χ2n) is 7.39. The number of fused-ring (bicyclic) bond motifs is 1. The lowest BCUT2D eigenvalue weighted by molar-refractivity contribution is 0.272. The van der Waals surface area contributed by atoms with Gasteiger partial charge in [-0.15, -0.1) is 0 Å². The highest BCUT2D eigenvalue weighted by molar-refractivity contribution is 5.81. The molecule has 0 fully saturated rings. The van der Waals surface area contributed by atoms with Crippen molar-refractivity contribution in [2.24, 2.45) is 0 Å². The van der Waals surface area contributed by atoms with Crippen LogP contribution in [0.25, 0.3) is 11.0 Å². The molecule has 1 aromatic heterocycles. The minimum absolute atomic E-state index is 0.285. The maximum atomic E-state index is 12.0. The molecule has 4 nitrogen and oxygen atoms in total. The number of rotatable bonds is 6. The molecule has 3 aromatic rings. The van der Waals surface area contributed by atoms with Crippen LogP contribution < -0.4 is 10.5 Å². The van der Waals surface area contributed by atoms with Gasteiger partial charge in [-0.1, -0.05) is 19.1 Å². The molecule has 0 radical (unpaired) electrons. The number of nitrogens with zero attached hydrogens (tertiary/aromatic N) is 2. The molecule has 0 saturated heterocycles. The molecular formula is C23H28N2O2. The van der Waals surface area contributed by atoms with Gasteiger partial charge >= 0.3 is 5.63 Å². The summed E-state index contributed by atoms with van der Waals surface area (Å²) in [7, 11) is 4.09. The van der Waals surface area contributed by atoms with Crippen molar-refractivity contribution in [3.05, 3.63) is 75.1 Å². The first-order valence-corrected chi connectivity index (χ1v) is 9.40. The van der Waals surface area contributed by atoms with Crippen molar-refractivity contribution in [3.63, 3.8) is 0 Å². The molecule has 0 aliphatic carbocycles. The maximum Gasteiger partial charge on any atom is 0.336 e. The van der Waals surface area contributed by atoms with Crippen LogP contribution in [0.5, 0.6) is 0 Å². The van der Waals surface area contributed by atoms with Crippen LogP contribution in [0.15, 0.2) is 51.7 Å². The molecule has 0 aliphatic rings. The van der Waals surface area contributed by atoms with Gasteiger partial charge in [0.1, 0.15) is 5.58 Å². The van der Waals surface area contributed by atoms with Crippen molar-refractivity contribution < 1.29 is 4.42 Å². The lowest BCUT2D eigenvalue weighted by Crippen LogP contribution is -2.23. The van der Waals surface area contributed by atoms with E-state index in [1.165, 1.54) is 16.8 Å². The van der Waals surface area contributed by atoms with Crippen LogP contribution in [0, 0.1) is 13.8 Å². The Morgan fingerprint density at radius 3 is 2.22 bits per heavy atom. The van der Waals surface area contributed by atoms with E-state index < -0.39 is 0 Å². The van der Waals surface area contributed by atoms with Gasteiger partial charge in [0.2, 0.25) is 0 Å². The first-order chi connectivity index (χ1) is 12.9. The van der Waals surface area contributed by atoms with E-state index >= 15 is 0 Å². The Kier molecular flexibility index (Phi) is 5.66. The lowest BCUT2D eigenvalue weighted by atomic mass is 10.0. The summed E-state index contributed by atoms with van der Waals surface area (Å²) >= 11 is 0. The SMILES string of the molecule is CCN(Cc1ccc(N(C)C)cc1)Cc1cc(=O)oc2cc(C)c(C)cc12. The quantitative estimate of drug-likeness (QED) is 0.604. The first-order valence-electron chi connectivity index (χ1n) is 9.40. The third kappa shape index (κ3) is 4.40. The lowest BCUT2D eigenvalue weighted by Gasteiger charge is -2.22. The molecule has 142 valence electrons. The summed E-state index contributed by atoms with van der Waals surface area (Å²) in [6.07, 6.45) is 0. The zero-order chi connectivity index (χ0) is 19.6. The summed E-state index contributed by atoms with van der Waals surface area (Å²) in [6.45, 7) is 8.75. The molecule has 27 heavy (non-hydrogen) atoms. The first kappa shape index (κ1) is 19.2. The monoisotopic (exact) mass is 364 g/mol. The van der Waals surface area contributed by atoms with E-state index in [2.05, 4.69) is 54.0 Å². The van der Waals surface area contributed by atoms with Gasteiger partial charge in [0.15, 0.2) is 0 Å². The molecule has 3 rings (SSSR count). The summed E-state index contributed by atoms with van der Waals surface area (Å²) in [5.41, 5.74) is 6.22. The Morgan fingerprint density at radius 1 is 0.926 bits per heavy atom. The van der Waals surface area contributed by atoms with Gasteiger partial charge < -0.3 is 9.32 Å². The van der Waals surface area contributed by atoms with E-state index in [9.17, 15) is 4.79 Å². The number of benzene rings is 2. The maximum absolute atomic E-state index is 12.0. The van der Waals surface area contributed by atoms with Gasteiger partial charge in [0, 0.05) is 44.3 Å². The molecular weight excluding hydrogens is 336 g/mol. The summed E-state index contributed by atoms with van der Waals surface area (Å²) in [5.74, 6) is 0. The molecule has 0 N–H and O–H groups in total. The Morgan fingerprint density at radius 2 is 1.59 bits per heavy atom. The van der Waals surface area contributed by atoms with Crippen LogP contribution in [-0.2, 0) is 13.1 Å². The van der Waals surface area contributed by atoms with E-state index in [1.54, 1.807) is 6.07 Å². The largest absolute Gasteiger partial charge is 0.423 e. The van der Waals surface area contributed by atoms with Gasteiger partial charge in [-0.25, -0.2) is 4.79 Å². The average Bonchev–Trinajstić information content (AvgIpc) is 2.63. The van der Waals surface area contributed by atoms with Crippen molar-refractivity contribution in [1.29, 1.82) is 0 Å². The van der Waals surface area contributed by atoms with Crippen molar-refractivity contribution in [1.82, 2.24) is 4.90 Å². The fourth-order valence-corrected chi connectivity index (χ4v) is 3.29. The molecule has 0 amide bonds. The van der Waals surface area contributed by atoms with Crippen molar-refractivity contribution in [2.45, 2.75) is 33.9 Å². The number of anilines is 1. The van der Waals surface area contributed by atoms with E-state index in [1.807, 2.05) is 27.1 Å². The second kappa shape index (κ2) is 7.97. The number of aryl methyl sites for hydroxylation is 2. The standard InChI is InChI=1S/C23H28N2O2/c1-6-25(14-18-7-9-20(10-8-18)24(4)5)15-19-13-23(26)27-22-12-17(3)16(2)11-21(19)22/h7-13H,6,14-15H2,1-5H3. The summed E-state index contributed by atoms with van der Waals surface area (Å²) in [4.78, 5) is 16.5. The number of hydrogen-bond acceptors (Lipinski definition) is 4. The third-order valence-corrected chi connectivity index (χ3v) is 5.14. The molecule has 0 atom stereocenters. The highest BCUT2D eigenvalue weighted by Crippen LogP contribution is 2.23. The Hall–Kier alpha value is -2.59. The van der Waals surface area contributed by atoms with Crippen molar-refractivity contribution in [2.75, 3.05) is 25.5 Å². The second-order valence-corrected chi connectivity index (χ2v) is 7.39. The van der Waals surface area contributed by atoms with Crippen LogP contribution in [-0.4, -0.2) is 25.5 Å². The predicted molar refractivity (Wildman–Crippen MR) is 113 cm³/mol. The van der Waals surface area contributed by atoms with Gasteiger partial charge in [-0.05, 0) is 66.9 Å². The zero-order valence-corrected chi connectivity index (χ0v) is 16.9. The molecule has 2 aromatic carbocycles. The highest BCUT2D eigenvalue weighted by Gasteiger charge is 2.12. The minimum Gasteiger partial charge on any atom is -0.423 e. The van der Waals surface area contributed by atoms with Crippen LogP contribution in [0.2, 0.25) is 0 Å². The van der Waals surface area contributed by atoms with Gasteiger partial charge in [0.25, 0.3) is 0 Å². The Balaban J connectivity index is 1.88. The Bertz CT molecular complexity index is 988. The fourth-order valence-electron chi connectivity index (χ4n) is 3.29. The van der Waals surface area contributed by atoms with Crippen molar-refractivity contribution in [3.8, 4) is 0 Å². The van der Waals surface area contributed by atoms with Crippen LogP contribution in [0.1, 0.15) is 29.2 Å². The zero-order valence-electron chi connectivity index (χ0n) is 16.9. The highest BCUT2D eigenvalue weighted by atomic mass is 16.4. The Labute approximate surface area is 161 Å². The van der Waals surface area contributed by atoms with Gasteiger partial charge in [-0.3, -0.25) is 4.90 Å². The van der Waals surface area contributed by atoms with Gasteiger partial charge in [-0.2, -0.15) is 0 Å². The van der Waals surface area contributed by atoms with E-state index in [4.69, 9.17) is 4.42 Å². The molecule has 0 spiro atoms. The van der Waals surface area contributed by atoms with E-state index in [0.29, 0.717) is 5.58 Å². The summed E-state index contributed by atoms with van der Waals surface area (Å²) < 4.78 is 5.43. The van der Waals surface area contributed by atoms with E-state index in [-0.39, 0.29) is 5.63 Å². The molecule has 0 aliphatic heterocycles. The summed E-state index contributed by atoms with van der Waals surface area (Å²) in [6, 6.07) is 14.3. The molecule has 1 heterocycles. The topological polar surface area (TPSA) is 36.7 Å². The van der Waals surface area contributed by atoms with Crippen molar-refractivity contribution >= 4 is 16.7 Å². The van der Waals surface area contributed by atoms with E-state index in [0.717, 1.165) is 36.1 Å². The smallest absolute Gasteiger partial charge is 0.336 e. The average molecular weight is 364 g/mol. The molecule has 0 saturated carbocycles. The van der Waals surface area contributed by atoms with Crippen LogP contribution in [0.4, 0.5) is 5.69 Å². The normalized spacial score (nSPS) is 11.3. The van der Waals surface area contributed by atoms with Crippen LogP contribution >= 0.6 is 0 Å².